The molecular formula is C15H22O. The molecule has 0 bridgehead atoms. The summed E-state index contributed by atoms with van der Waals surface area (Å²) in [5, 5.41) is 9.72. The zero-order valence-corrected chi connectivity index (χ0v) is 10.5. The Bertz CT molecular complexity index is 325. The number of hydrogen-bond donors (Lipinski definition) is 1. The van der Waals surface area contributed by atoms with Gasteiger partial charge < -0.3 is 5.11 Å². The lowest BCUT2D eigenvalue weighted by atomic mass is 10.0. The van der Waals surface area contributed by atoms with Crippen LogP contribution in [0.25, 0.3) is 0 Å². The van der Waals surface area contributed by atoms with Crippen molar-refractivity contribution in [3.63, 3.8) is 0 Å². The normalized spacial score (nSPS) is 14.2. The monoisotopic (exact) mass is 218 g/mol. The second-order valence-electron chi connectivity index (χ2n) is 4.73. The maximum absolute atomic E-state index is 9.72. The molecule has 88 valence electrons. The Hall–Kier alpha value is -1.08. The molecule has 1 rings (SSSR count). The Labute approximate surface area is 98.8 Å². The topological polar surface area (TPSA) is 20.2 Å². The van der Waals surface area contributed by atoms with Crippen molar-refractivity contribution in [2.45, 2.75) is 39.7 Å². The van der Waals surface area contributed by atoms with Gasteiger partial charge in [-0.15, -0.1) is 0 Å². The molecule has 1 nitrogen and oxygen atoms in total. The van der Waals surface area contributed by atoms with Gasteiger partial charge >= 0.3 is 0 Å². The maximum Gasteiger partial charge on any atom is 0.0746 e. The van der Waals surface area contributed by atoms with Crippen molar-refractivity contribution in [3.8, 4) is 0 Å². The van der Waals surface area contributed by atoms with Crippen LogP contribution in [0, 0.1) is 5.92 Å². The summed E-state index contributed by atoms with van der Waals surface area (Å²) in [5.74, 6) is 0.298. The van der Waals surface area contributed by atoms with E-state index in [2.05, 4.69) is 31.2 Å². The summed E-state index contributed by atoms with van der Waals surface area (Å²) < 4.78 is 0. The number of aliphatic hydroxyl groups is 1. The predicted octanol–water partition coefficient (Wildman–Crippen LogP) is 3.58. The minimum absolute atomic E-state index is 0.298. The quantitative estimate of drug-likeness (QED) is 0.749. The van der Waals surface area contributed by atoms with Gasteiger partial charge in [-0.25, -0.2) is 0 Å². The average Bonchev–Trinajstić information content (AvgIpc) is 2.27. The standard InChI is InChI=1S/C15H22O/c1-12(2)15(16)11-13(3)9-10-14-7-5-4-6-8-14/h4-8,11-12,15-16H,9-10H2,1-3H3/t15-/m0/s1. The first-order valence-corrected chi connectivity index (χ1v) is 5.99. The number of hydrogen-bond acceptors (Lipinski definition) is 1. The molecular weight excluding hydrogens is 196 g/mol. The van der Waals surface area contributed by atoms with E-state index in [0.29, 0.717) is 5.92 Å². The van der Waals surface area contributed by atoms with E-state index in [-0.39, 0.29) is 6.10 Å². The fourth-order valence-electron chi connectivity index (χ4n) is 1.55. The molecule has 0 radical (unpaired) electrons. The highest BCUT2D eigenvalue weighted by molar-refractivity contribution is 5.16. The third-order valence-electron chi connectivity index (χ3n) is 2.79. The van der Waals surface area contributed by atoms with E-state index in [9.17, 15) is 5.11 Å². The molecule has 0 amide bonds. The molecule has 1 aromatic rings. The van der Waals surface area contributed by atoms with Crippen LogP contribution in [0.15, 0.2) is 42.0 Å². The van der Waals surface area contributed by atoms with Gasteiger partial charge in [0, 0.05) is 0 Å². The molecule has 1 atom stereocenters. The van der Waals surface area contributed by atoms with Crippen molar-refractivity contribution < 1.29 is 5.11 Å². The van der Waals surface area contributed by atoms with E-state index in [1.807, 2.05) is 26.0 Å². The molecule has 0 aliphatic carbocycles. The van der Waals surface area contributed by atoms with Crippen LogP contribution in [0.2, 0.25) is 0 Å². The van der Waals surface area contributed by atoms with Gasteiger partial charge in [-0.05, 0) is 31.2 Å². The van der Waals surface area contributed by atoms with Crippen molar-refractivity contribution in [1.29, 1.82) is 0 Å². The van der Waals surface area contributed by atoms with Crippen LogP contribution in [0.5, 0.6) is 0 Å². The van der Waals surface area contributed by atoms with Gasteiger partial charge in [0.05, 0.1) is 6.10 Å². The molecule has 0 aliphatic heterocycles. The highest BCUT2D eigenvalue weighted by atomic mass is 16.3. The lowest BCUT2D eigenvalue weighted by Gasteiger charge is -2.11. The van der Waals surface area contributed by atoms with Gasteiger partial charge in [0.25, 0.3) is 0 Å². The molecule has 0 aromatic heterocycles. The number of rotatable bonds is 5. The molecule has 0 saturated heterocycles. The van der Waals surface area contributed by atoms with E-state index in [1.165, 1.54) is 11.1 Å². The summed E-state index contributed by atoms with van der Waals surface area (Å²) in [7, 11) is 0. The van der Waals surface area contributed by atoms with Crippen LogP contribution in [0.4, 0.5) is 0 Å². The zero-order valence-electron chi connectivity index (χ0n) is 10.5. The van der Waals surface area contributed by atoms with E-state index >= 15 is 0 Å². The molecule has 1 N–H and O–H groups in total. The SMILES string of the molecule is CC(=C[C@H](O)C(C)C)CCc1ccccc1. The van der Waals surface area contributed by atoms with Crippen LogP contribution >= 0.6 is 0 Å². The largest absolute Gasteiger partial charge is 0.389 e. The van der Waals surface area contributed by atoms with Gasteiger partial charge in [0.2, 0.25) is 0 Å². The molecule has 0 fully saturated rings. The van der Waals surface area contributed by atoms with Crippen molar-refractivity contribution in [2.75, 3.05) is 0 Å². The highest BCUT2D eigenvalue weighted by Crippen LogP contribution is 2.12. The number of allylic oxidation sites excluding steroid dienone is 1. The molecule has 16 heavy (non-hydrogen) atoms. The van der Waals surface area contributed by atoms with Gasteiger partial charge in [0.1, 0.15) is 0 Å². The second kappa shape index (κ2) is 6.49. The minimum Gasteiger partial charge on any atom is -0.389 e. The van der Waals surface area contributed by atoms with Crippen LogP contribution in [0.3, 0.4) is 0 Å². The molecule has 0 unspecified atom stereocenters. The molecule has 0 spiro atoms. The van der Waals surface area contributed by atoms with Crippen molar-refractivity contribution in [3.05, 3.63) is 47.5 Å². The lowest BCUT2D eigenvalue weighted by Crippen LogP contribution is -2.11. The maximum atomic E-state index is 9.72. The van der Waals surface area contributed by atoms with E-state index in [4.69, 9.17) is 0 Å². The smallest absolute Gasteiger partial charge is 0.0746 e. The van der Waals surface area contributed by atoms with Crippen LogP contribution in [-0.4, -0.2) is 11.2 Å². The van der Waals surface area contributed by atoms with Gasteiger partial charge in [-0.1, -0.05) is 55.8 Å². The Balaban J connectivity index is 2.44. The summed E-state index contributed by atoms with van der Waals surface area (Å²) >= 11 is 0. The second-order valence-corrected chi connectivity index (χ2v) is 4.73. The molecule has 0 heterocycles. The van der Waals surface area contributed by atoms with Crippen LogP contribution in [-0.2, 0) is 6.42 Å². The molecule has 1 aromatic carbocycles. The van der Waals surface area contributed by atoms with Crippen LogP contribution in [0.1, 0.15) is 32.8 Å². The predicted molar refractivity (Wildman–Crippen MR) is 69.4 cm³/mol. The molecule has 0 aliphatic rings. The Kier molecular flexibility index (Phi) is 5.27. The summed E-state index contributed by atoms with van der Waals surface area (Å²) in [4.78, 5) is 0. The summed E-state index contributed by atoms with van der Waals surface area (Å²) in [6.45, 7) is 6.16. The molecule has 0 saturated carbocycles. The summed E-state index contributed by atoms with van der Waals surface area (Å²) in [6.07, 6.45) is 3.74. The van der Waals surface area contributed by atoms with E-state index in [1.54, 1.807) is 0 Å². The van der Waals surface area contributed by atoms with Crippen LogP contribution < -0.4 is 0 Å². The number of aryl methyl sites for hydroxylation is 1. The number of aliphatic hydroxyl groups excluding tert-OH is 1. The summed E-state index contributed by atoms with van der Waals surface area (Å²) in [6, 6.07) is 10.5. The fourth-order valence-corrected chi connectivity index (χ4v) is 1.55. The lowest BCUT2D eigenvalue weighted by molar-refractivity contribution is 0.171. The first-order chi connectivity index (χ1) is 7.59. The third kappa shape index (κ3) is 4.63. The highest BCUT2D eigenvalue weighted by Gasteiger charge is 2.05. The van der Waals surface area contributed by atoms with Gasteiger partial charge in [0.15, 0.2) is 0 Å². The minimum atomic E-state index is -0.309. The Morgan fingerprint density at radius 3 is 2.44 bits per heavy atom. The van der Waals surface area contributed by atoms with Gasteiger partial charge in [-0.3, -0.25) is 0 Å². The van der Waals surface area contributed by atoms with Crippen molar-refractivity contribution in [2.24, 2.45) is 5.92 Å². The van der Waals surface area contributed by atoms with E-state index in [0.717, 1.165) is 12.8 Å². The van der Waals surface area contributed by atoms with Crippen molar-refractivity contribution >= 4 is 0 Å². The average molecular weight is 218 g/mol. The Morgan fingerprint density at radius 1 is 1.25 bits per heavy atom. The molecule has 1 heteroatoms. The van der Waals surface area contributed by atoms with E-state index < -0.39 is 0 Å². The van der Waals surface area contributed by atoms with Crippen molar-refractivity contribution in [1.82, 2.24) is 0 Å². The Morgan fingerprint density at radius 2 is 1.88 bits per heavy atom. The zero-order chi connectivity index (χ0) is 12.0. The fraction of sp³-hybridized carbons (Fsp3) is 0.467. The first-order valence-electron chi connectivity index (χ1n) is 5.99. The third-order valence-corrected chi connectivity index (χ3v) is 2.79. The summed E-state index contributed by atoms with van der Waals surface area (Å²) in [5.41, 5.74) is 2.62. The number of benzene rings is 1. The van der Waals surface area contributed by atoms with Gasteiger partial charge in [-0.2, -0.15) is 0 Å². The first kappa shape index (κ1) is 13.0.